The van der Waals surface area contributed by atoms with Gasteiger partial charge in [0.05, 0.1) is 6.61 Å². The molecule has 1 rings (SSSR count). The monoisotopic (exact) mass is 253 g/mol. The van der Waals surface area contributed by atoms with Crippen molar-refractivity contribution in [3.05, 3.63) is 30.1 Å². The van der Waals surface area contributed by atoms with Gasteiger partial charge in [-0.1, -0.05) is 20.8 Å². The predicted molar refractivity (Wildman–Crippen MR) is 69.9 cm³/mol. The van der Waals surface area contributed by atoms with Crippen molar-refractivity contribution >= 4 is 11.7 Å². The number of hydrogen-bond donors (Lipinski definition) is 1. The molecule has 100 valence electrons. The first-order valence-corrected chi connectivity index (χ1v) is 6.03. The molecular formula is C14H20FNO2. The SMILES string of the molecule is CCOC(=O)C(Nc1ccc(F)cc1)C(C)(C)C. The van der Waals surface area contributed by atoms with Crippen LogP contribution in [0.3, 0.4) is 0 Å². The molecule has 1 unspecified atom stereocenters. The molecule has 1 atom stereocenters. The molecule has 0 aliphatic carbocycles. The van der Waals surface area contributed by atoms with Crippen molar-refractivity contribution < 1.29 is 13.9 Å². The highest BCUT2D eigenvalue weighted by molar-refractivity contribution is 5.80. The van der Waals surface area contributed by atoms with Crippen molar-refractivity contribution in [1.82, 2.24) is 0 Å². The Morgan fingerprint density at radius 1 is 1.33 bits per heavy atom. The molecule has 0 spiro atoms. The molecule has 1 aromatic rings. The molecule has 0 aromatic heterocycles. The standard InChI is InChI=1S/C14H20FNO2/c1-5-18-13(17)12(14(2,3)4)16-11-8-6-10(15)7-9-11/h6-9,12,16H,5H2,1-4H3. The lowest BCUT2D eigenvalue weighted by molar-refractivity contribution is -0.146. The fraction of sp³-hybridized carbons (Fsp3) is 0.500. The third kappa shape index (κ3) is 4.02. The summed E-state index contributed by atoms with van der Waals surface area (Å²) in [5, 5.41) is 3.09. The van der Waals surface area contributed by atoms with Gasteiger partial charge in [-0.15, -0.1) is 0 Å². The zero-order valence-electron chi connectivity index (χ0n) is 11.3. The van der Waals surface area contributed by atoms with Crippen LogP contribution in [0, 0.1) is 11.2 Å². The summed E-state index contributed by atoms with van der Waals surface area (Å²) in [5.74, 6) is -0.599. The van der Waals surface area contributed by atoms with Crippen LogP contribution in [-0.2, 0) is 9.53 Å². The first-order valence-electron chi connectivity index (χ1n) is 6.03. The van der Waals surface area contributed by atoms with E-state index in [1.54, 1.807) is 19.1 Å². The normalized spacial score (nSPS) is 12.9. The number of carbonyl (C=O) groups excluding carboxylic acids is 1. The maximum absolute atomic E-state index is 12.8. The number of benzene rings is 1. The van der Waals surface area contributed by atoms with Crippen LogP contribution in [0.25, 0.3) is 0 Å². The number of esters is 1. The maximum Gasteiger partial charge on any atom is 0.329 e. The van der Waals surface area contributed by atoms with E-state index < -0.39 is 6.04 Å². The zero-order valence-corrected chi connectivity index (χ0v) is 11.3. The second-order valence-corrected chi connectivity index (χ2v) is 5.20. The smallest absolute Gasteiger partial charge is 0.329 e. The quantitative estimate of drug-likeness (QED) is 0.837. The Kier molecular flexibility index (Phi) is 4.70. The molecule has 0 heterocycles. The van der Waals surface area contributed by atoms with E-state index in [0.717, 1.165) is 0 Å². The first-order chi connectivity index (χ1) is 8.34. The fourth-order valence-electron chi connectivity index (χ4n) is 1.57. The van der Waals surface area contributed by atoms with E-state index in [1.165, 1.54) is 12.1 Å². The fourth-order valence-corrected chi connectivity index (χ4v) is 1.57. The van der Waals surface area contributed by atoms with Crippen LogP contribution in [0.4, 0.5) is 10.1 Å². The average Bonchev–Trinajstić information content (AvgIpc) is 2.26. The highest BCUT2D eigenvalue weighted by Gasteiger charge is 2.32. The van der Waals surface area contributed by atoms with Gasteiger partial charge in [0.15, 0.2) is 0 Å². The summed E-state index contributed by atoms with van der Waals surface area (Å²) in [4.78, 5) is 11.9. The van der Waals surface area contributed by atoms with Crippen LogP contribution >= 0.6 is 0 Å². The molecule has 1 N–H and O–H groups in total. The Morgan fingerprint density at radius 2 is 1.89 bits per heavy atom. The average molecular weight is 253 g/mol. The lowest BCUT2D eigenvalue weighted by Gasteiger charge is -2.30. The zero-order chi connectivity index (χ0) is 13.8. The molecule has 0 saturated heterocycles. The van der Waals surface area contributed by atoms with Crippen molar-refractivity contribution in [2.75, 3.05) is 11.9 Å². The van der Waals surface area contributed by atoms with Gasteiger partial charge in [-0.25, -0.2) is 9.18 Å². The van der Waals surface area contributed by atoms with E-state index in [1.807, 2.05) is 20.8 Å². The molecule has 1 aromatic carbocycles. The number of nitrogens with one attached hydrogen (secondary N) is 1. The van der Waals surface area contributed by atoms with E-state index in [0.29, 0.717) is 12.3 Å². The molecule has 0 aliphatic rings. The molecule has 0 aliphatic heterocycles. The number of rotatable bonds is 4. The molecule has 4 heteroatoms. The van der Waals surface area contributed by atoms with Gasteiger partial charge in [-0.3, -0.25) is 0 Å². The van der Waals surface area contributed by atoms with E-state index in [2.05, 4.69) is 5.32 Å². The van der Waals surface area contributed by atoms with Crippen LogP contribution in [0.5, 0.6) is 0 Å². The number of carbonyl (C=O) groups is 1. The van der Waals surface area contributed by atoms with Gasteiger partial charge in [-0.2, -0.15) is 0 Å². The number of anilines is 1. The van der Waals surface area contributed by atoms with E-state index in [-0.39, 0.29) is 17.2 Å². The Labute approximate surface area is 107 Å². The Bertz CT molecular complexity index is 395. The van der Waals surface area contributed by atoms with Crippen molar-refractivity contribution in [3.63, 3.8) is 0 Å². The van der Waals surface area contributed by atoms with Gasteiger partial charge in [0.2, 0.25) is 0 Å². The molecule has 0 saturated carbocycles. The third-order valence-electron chi connectivity index (χ3n) is 2.54. The molecule has 0 radical (unpaired) electrons. The van der Waals surface area contributed by atoms with E-state index in [9.17, 15) is 9.18 Å². The van der Waals surface area contributed by atoms with Gasteiger partial charge >= 0.3 is 5.97 Å². The van der Waals surface area contributed by atoms with Crippen molar-refractivity contribution in [2.45, 2.75) is 33.7 Å². The molecule has 3 nitrogen and oxygen atoms in total. The second kappa shape index (κ2) is 5.85. The lowest BCUT2D eigenvalue weighted by atomic mass is 9.86. The van der Waals surface area contributed by atoms with Crippen LogP contribution in [-0.4, -0.2) is 18.6 Å². The van der Waals surface area contributed by atoms with E-state index >= 15 is 0 Å². The summed E-state index contributed by atoms with van der Waals surface area (Å²) in [7, 11) is 0. The Balaban J connectivity index is 2.85. The van der Waals surface area contributed by atoms with Crippen molar-refractivity contribution in [2.24, 2.45) is 5.41 Å². The van der Waals surface area contributed by atoms with Crippen LogP contribution in [0.15, 0.2) is 24.3 Å². The minimum absolute atomic E-state index is 0.291. The first kappa shape index (κ1) is 14.5. The molecule has 0 bridgehead atoms. The summed E-state index contributed by atoms with van der Waals surface area (Å²) >= 11 is 0. The minimum atomic E-state index is -0.470. The molecular weight excluding hydrogens is 233 g/mol. The molecule has 18 heavy (non-hydrogen) atoms. The summed E-state index contributed by atoms with van der Waals surface area (Å²) in [6, 6.07) is 5.45. The highest BCUT2D eigenvalue weighted by atomic mass is 19.1. The number of ether oxygens (including phenoxy) is 1. The summed E-state index contributed by atoms with van der Waals surface area (Å²) < 4.78 is 17.9. The highest BCUT2D eigenvalue weighted by Crippen LogP contribution is 2.24. The molecule has 0 amide bonds. The van der Waals surface area contributed by atoms with Gasteiger partial charge < -0.3 is 10.1 Å². The van der Waals surface area contributed by atoms with Crippen molar-refractivity contribution in [3.8, 4) is 0 Å². The third-order valence-corrected chi connectivity index (χ3v) is 2.54. The Morgan fingerprint density at radius 3 is 2.33 bits per heavy atom. The van der Waals surface area contributed by atoms with Crippen LogP contribution < -0.4 is 5.32 Å². The van der Waals surface area contributed by atoms with Gasteiger partial charge in [-0.05, 0) is 36.6 Å². The summed E-state index contributed by atoms with van der Waals surface area (Å²) in [6.45, 7) is 7.97. The largest absolute Gasteiger partial charge is 0.464 e. The minimum Gasteiger partial charge on any atom is -0.464 e. The topological polar surface area (TPSA) is 38.3 Å². The predicted octanol–water partition coefficient (Wildman–Crippen LogP) is 3.22. The maximum atomic E-state index is 12.8. The second-order valence-electron chi connectivity index (χ2n) is 5.20. The number of hydrogen-bond acceptors (Lipinski definition) is 3. The van der Waals surface area contributed by atoms with Crippen LogP contribution in [0.2, 0.25) is 0 Å². The van der Waals surface area contributed by atoms with Crippen molar-refractivity contribution in [1.29, 1.82) is 0 Å². The van der Waals surface area contributed by atoms with Gasteiger partial charge in [0.1, 0.15) is 11.9 Å². The van der Waals surface area contributed by atoms with Crippen LogP contribution in [0.1, 0.15) is 27.7 Å². The molecule has 0 fully saturated rings. The van der Waals surface area contributed by atoms with E-state index in [4.69, 9.17) is 4.74 Å². The number of halogens is 1. The summed E-state index contributed by atoms with van der Waals surface area (Å²) in [6.07, 6.45) is 0. The van der Waals surface area contributed by atoms with Gasteiger partial charge in [0.25, 0.3) is 0 Å². The van der Waals surface area contributed by atoms with Gasteiger partial charge in [0, 0.05) is 5.69 Å². The lowest BCUT2D eigenvalue weighted by Crippen LogP contribution is -2.42. The Hall–Kier alpha value is -1.58. The summed E-state index contributed by atoms with van der Waals surface area (Å²) in [5.41, 5.74) is 0.407.